The lowest BCUT2D eigenvalue weighted by Gasteiger charge is -2.01. The van der Waals surface area contributed by atoms with E-state index >= 15 is 0 Å². The van der Waals surface area contributed by atoms with E-state index in [9.17, 15) is 4.79 Å². The van der Waals surface area contributed by atoms with Gasteiger partial charge in [-0.05, 0) is 12.1 Å². The summed E-state index contributed by atoms with van der Waals surface area (Å²) in [5.74, 6) is -0.00984. The minimum atomic E-state index is -0.00984. The molecule has 0 fully saturated rings. The maximum absolute atomic E-state index is 11.4. The second-order valence-corrected chi connectivity index (χ2v) is 3.55. The van der Waals surface area contributed by atoms with E-state index in [0.717, 1.165) is 0 Å². The Hall–Kier alpha value is -1.48. The Morgan fingerprint density at radius 1 is 1.47 bits per heavy atom. The largest absolute Gasteiger partial charge is 0.292 e. The summed E-state index contributed by atoms with van der Waals surface area (Å²) in [6.45, 7) is 1.80. The van der Waals surface area contributed by atoms with E-state index in [2.05, 4.69) is 9.97 Å². The van der Waals surface area contributed by atoms with Crippen molar-refractivity contribution in [3.05, 3.63) is 35.1 Å². The highest BCUT2D eigenvalue weighted by Crippen LogP contribution is 2.19. The van der Waals surface area contributed by atoms with Gasteiger partial charge in [0, 0.05) is 6.42 Å². The quantitative estimate of drug-likeness (QED) is 0.731. The highest BCUT2D eigenvalue weighted by atomic mass is 35.5. The molecular formula is C11H9ClN2O. The molecule has 0 amide bonds. The third-order valence-corrected chi connectivity index (χ3v) is 2.43. The van der Waals surface area contributed by atoms with E-state index in [1.54, 1.807) is 25.1 Å². The van der Waals surface area contributed by atoms with Gasteiger partial charge in [-0.25, -0.2) is 4.98 Å². The summed E-state index contributed by atoms with van der Waals surface area (Å²) in [5.41, 5.74) is 1.68. The number of Topliss-reactive ketones (excluding diaryl/α,β-unsaturated/α-hetero) is 1. The number of halogens is 1. The highest BCUT2D eigenvalue weighted by Gasteiger charge is 2.07. The van der Waals surface area contributed by atoms with Crippen molar-refractivity contribution in [1.29, 1.82) is 0 Å². The highest BCUT2D eigenvalue weighted by molar-refractivity contribution is 6.34. The molecule has 0 atom stereocenters. The van der Waals surface area contributed by atoms with Crippen LogP contribution >= 0.6 is 11.6 Å². The summed E-state index contributed by atoms with van der Waals surface area (Å²) in [7, 11) is 0. The fourth-order valence-electron chi connectivity index (χ4n) is 1.32. The van der Waals surface area contributed by atoms with Crippen LogP contribution in [0, 0.1) is 0 Å². The predicted molar refractivity (Wildman–Crippen MR) is 59.2 cm³/mol. The normalized spacial score (nSPS) is 10.5. The number of carbonyl (C=O) groups is 1. The number of ketones is 1. The van der Waals surface area contributed by atoms with Crippen LogP contribution in [-0.2, 0) is 0 Å². The Kier molecular flexibility index (Phi) is 2.64. The van der Waals surface area contributed by atoms with Crippen molar-refractivity contribution >= 4 is 28.4 Å². The van der Waals surface area contributed by atoms with Crippen molar-refractivity contribution in [2.45, 2.75) is 13.3 Å². The van der Waals surface area contributed by atoms with Crippen LogP contribution in [0.25, 0.3) is 11.0 Å². The third-order valence-electron chi connectivity index (χ3n) is 2.13. The van der Waals surface area contributed by atoms with E-state index in [0.29, 0.717) is 28.2 Å². The van der Waals surface area contributed by atoms with Crippen LogP contribution in [0.5, 0.6) is 0 Å². The van der Waals surface area contributed by atoms with Gasteiger partial charge in [0.2, 0.25) is 0 Å². The Balaban J connectivity index is 2.62. The van der Waals surface area contributed by atoms with E-state index in [4.69, 9.17) is 11.6 Å². The predicted octanol–water partition coefficient (Wildman–Crippen LogP) is 2.88. The topological polar surface area (TPSA) is 42.9 Å². The summed E-state index contributed by atoms with van der Waals surface area (Å²) in [4.78, 5) is 19.8. The van der Waals surface area contributed by atoms with Crippen molar-refractivity contribution in [1.82, 2.24) is 9.97 Å². The second kappa shape index (κ2) is 3.95. The first-order valence-electron chi connectivity index (χ1n) is 4.67. The molecule has 0 aliphatic rings. The first-order chi connectivity index (χ1) is 7.22. The molecule has 1 heterocycles. The molecular weight excluding hydrogens is 212 g/mol. The molecule has 0 spiro atoms. The Bertz CT molecular complexity index is 525. The zero-order chi connectivity index (χ0) is 10.8. The molecule has 0 unspecified atom stereocenters. The van der Waals surface area contributed by atoms with Crippen LogP contribution in [-0.4, -0.2) is 15.8 Å². The number of carbonyl (C=O) groups excluding carboxylic acids is 1. The fourth-order valence-corrected chi connectivity index (χ4v) is 1.54. The Morgan fingerprint density at radius 3 is 3.00 bits per heavy atom. The minimum absolute atomic E-state index is 0.00984. The number of hydrogen-bond donors (Lipinski definition) is 0. The Labute approximate surface area is 92.1 Å². The smallest absolute Gasteiger partial charge is 0.182 e. The maximum Gasteiger partial charge on any atom is 0.182 e. The molecule has 76 valence electrons. The lowest BCUT2D eigenvalue weighted by Crippen LogP contribution is -2.01. The van der Waals surface area contributed by atoms with Gasteiger partial charge < -0.3 is 0 Å². The zero-order valence-corrected chi connectivity index (χ0v) is 8.95. The minimum Gasteiger partial charge on any atom is -0.292 e. The van der Waals surface area contributed by atoms with Crippen molar-refractivity contribution in [2.75, 3.05) is 0 Å². The van der Waals surface area contributed by atoms with Crippen molar-refractivity contribution in [3.63, 3.8) is 0 Å². The van der Waals surface area contributed by atoms with E-state index in [1.165, 1.54) is 6.20 Å². The first kappa shape index (κ1) is 10.1. The molecule has 0 aliphatic carbocycles. The summed E-state index contributed by atoms with van der Waals surface area (Å²) < 4.78 is 0. The molecule has 0 bridgehead atoms. The molecule has 15 heavy (non-hydrogen) atoms. The van der Waals surface area contributed by atoms with Crippen LogP contribution in [0.3, 0.4) is 0 Å². The average molecular weight is 221 g/mol. The second-order valence-electron chi connectivity index (χ2n) is 3.14. The number of benzene rings is 1. The van der Waals surface area contributed by atoms with Gasteiger partial charge in [0.15, 0.2) is 5.78 Å². The SMILES string of the molecule is CCC(=O)c1cnc2c(Cl)cccc2n1. The van der Waals surface area contributed by atoms with Crippen molar-refractivity contribution < 1.29 is 4.79 Å². The maximum atomic E-state index is 11.4. The van der Waals surface area contributed by atoms with Crippen molar-refractivity contribution in [2.24, 2.45) is 0 Å². The Morgan fingerprint density at radius 2 is 2.27 bits per heavy atom. The molecule has 0 saturated carbocycles. The van der Waals surface area contributed by atoms with E-state index in [-0.39, 0.29) is 5.78 Å². The zero-order valence-electron chi connectivity index (χ0n) is 8.20. The summed E-state index contributed by atoms with van der Waals surface area (Å²) in [6, 6.07) is 5.33. The number of nitrogens with zero attached hydrogens (tertiary/aromatic N) is 2. The van der Waals surface area contributed by atoms with E-state index < -0.39 is 0 Å². The van der Waals surface area contributed by atoms with Gasteiger partial charge in [0.05, 0.1) is 16.7 Å². The van der Waals surface area contributed by atoms with E-state index in [1.807, 2.05) is 0 Å². The first-order valence-corrected chi connectivity index (χ1v) is 5.04. The average Bonchev–Trinajstić information content (AvgIpc) is 2.28. The molecule has 0 saturated heterocycles. The van der Waals surface area contributed by atoms with Gasteiger partial charge >= 0.3 is 0 Å². The third kappa shape index (κ3) is 1.83. The molecule has 0 N–H and O–H groups in total. The summed E-state index contributed by atoms with van der Waals surface area (Å²) >= 11 is 5.94. The fraction of sp³-hybridized carbons (Fsp3) is 0.182. The van der Waals surface area contributed by atoms with Crippen LogP contribution in [0.4, 0.5) is 0 Å². The molecule has 4 heteroatoms. The molecule has 1 aromatic carbocycles. The molecule has 1 aromatic heterocycles. The number of hydrogen-bond acceptors (Lipinski definition) is 3. The monoisotopic (exact) mass is 220 g/mol. The van der Waals surface area contributed by atoms with Crippen molar-refractivity contribution in [3.8, 4) is 0 Å². The van der Waals surface area contributed by atoms with Gasteiger partial charge in [-0.15, -0.1) is 0 Å². The van der Waals surface area contributed by atoms with Crippen LogP contribution in [0.2, 0.25) is 5.02 Å². The lowest BCUT2D eigenvalue weighted by atomic mass is 10.2. The van der Waals surface area contributed by atoms with Gasteiger partial charge in [0.1, 0.15) is 11.2 Å². The summed E-state index contributed by atoms with van der Waals surface area (Å²) in [6.07, 6.45) is 1.90. The lowest BCUT2D eigenvalue weighted by molar-refractivity contribution is 0.0983. The molecule has 0 aliphatic heterocycles. The number of para-hydroxylation sites is 1. The molecule has 0 radical (unpaired) electrons. The van der Waals surface area contributed by atoms with Crippen LogP contribution < -0.4 is 0 Å². The van der Waals surface area contributed by atoms with Gasteiger partial charge in [-0.3, -0.25) is 9.78 Å². The molecule has 2 aromatic rings. The molecule has 2 rings (SSSR count). The van der Waals surface area contributed by atoms with Crippen LogP contribution in [0.15, 0.2) is 24.4 Å². The van der Waals surface area contributed by atoms with Crippen LogP contribution in [0.1, 0.15) is 23.8 Å². The molecule has 3 nitrogen and oxygen atoms in total. The summed E-state index contributed by atoms with van der Waals surface area (Å²) in [5, 5.41) is 0.551. The number of aromatic nitrogens is 2. The van der Waals surface area contributed by atoms with Gasteiger partial charge in [-0.1, -0.05) is 24.6 Å². The van der Waals surface area contributed by atoms with Gasteiger partial charge in [-0.2, -0.15) is 0 Å². The number of fused-ring (bicyclic) bond motifs is 1. The number of rotatable bonds is 2. The van der Waals surface area contributed by atoms with Gasteiger partial charge in [0.25, 0.3) is 0 Å². The standard InChI is InChI=1S/C11H9ClN2O/c1-2-10(15)9-6-13-11-7(12)4-3-5-8(11)14-9/h3-6H,2H2,1H3.